The molecule has 0 saturated carbocycles. The van der Waals surface area contributed by atoms with Gasteiger partial charge in [-0.2, -0.15) is 0 Å². The summed E-state index contributed by atoms with van der Waals surface area (Å²) in [5, 5.41) is 3.01. The van der Waals surface area contributed by atoms with Gasteiger partial charge in [0, 0.05) is 18.3 Å². The Balaban J connectivity index is 3.20. The summed E-state index contributed by atoms with van der Waals surface area (Å²) < 4.78 is 0. The first-order valence-corrected chi connectivity index (χ1v) is 4.67. The van der Waals surface area contributed by atoms with Crippen LogP contribution in [0, 0.1) is 0 Å². The summed E-state index contributed by atoms with van der Waals surface area (Å²) in [6, 6.07) is 5.62. The molecule has 3 heteroatoms. The van der Waals surface area contributed by atoms with Crippen molar-refractivity contribution in [1.29, 1.82) is 0 Å². The molecular weight excluding hydrogens is 176 g/mol. The summed E-state index contributed by atoms with van der Waals surface area (Å²) in [4.78, 5) is 11.0. The quantitative estimate of drug-likeness (QED) is 0.769. The van der Waals surface area contributed by atoms with E-state index in [2.05, 4.69) is 19.2 Å². The molecule has 76 valence electrons. The van der Waals surface area contributed by atoms with Gasteiger partial charge in [-0.25, -0.2) is 0 Å². The van der Waals surface area contributed by atoms with Crippen molar-refractivity contribution >= 4 is 11.6 Å². The predicted molar refractivity (Wildman–Crippen MR) is 58.6 cm³/mol. The van der Waals surface area contributed by atoms with Gasteiger partial charge < -0.3 is 11.1 Å². The van der Waals surface area contributed by atoms with Crippen LogP contribution in [0.3, 0.4) is 0 Å². The number of nitrogens with two attached hydrogens (primary N) is 1. The second kappa shape index (κ2) is 4.13. The molecule has 3 N–H and O–H groups in total. The third-order valence-corrected chi connectivity index (χ3v) is 2.20. The lowest BCUT2D eigenvalue weighted by atomic mass is 9.99. The highest BCUT2D eigenvalue weighted by Gasteiger charge is 2.06. The first-order valence-electron chi connectivity index (χ1n) is 4.67. The molecule has 0 spiro atoms. The summed E-state index contributed by atoms with van der Waals surface area (Å²) in [7, 11) is 1.82. The van der Waals surface area contributed by atoms with Crippen LogP contribution in [-0.2, 0) is 0 Å². The van der Waals surface area contributed by atoms with Crippen LogP contribution in [0.25, 0.3) is 0 Å². The van der Waals surface area contributed by atoms with Crippen molar-refractivity contribution in [1.82, 2.24) is 0 Å². The maximum atomic E-state index is 11.0. The second-order valence-electron chi connectivity index (χ2n) is 3.61. The number of hydrogen-bond acceptors (Lipinski definition) is 2. The highest BCUT2D eigenvalue weighted by atomic mass is 16.1. The number of primary amides is 1. The van der Waals surface area contributed by atoms with E-state index in [1.54, 1.807) is 6.07 Å². The topological polar surface area (TPSA) is 55.1 Å². The van der Waals surface area contributed by atoms with Crippen molar-refractivity contribution in [3.8, 4) is 0 Å². The molecule has 0 radical (unpaired) electrons. The lowest BCUT2D eigenvalue weighted by Gasteiger charge is -2.10. The molecule has 1 aromatic rings. The van der Waals surface area contributed by atoms with Crippen molar-refractivity contribution in [2.24, 2.45) is 5.73 Å². The molecule has 0 fully saturated rings. The Morgan fingerprint density at radius 2 is 2.00 bits per heavy atom. The third-order valence-electron chi connectivity index (χ3n) is 2.20. The molecule has 1 rings (SSSR count). The number of rotatable bonds is 3. The smallest absolute Gasteiger partial charge is 0.248 e. The van der Waals surface area contributed by atoms with E-state index in [1.165, 1.54) is 0 Å². The van der Waals surface area contributed by atoms with E-state index in [1.807, 2.05) is 19.2 Å². The van der Waals surface area contributed by atoms with E-state index in [0.29, 0.717) is 11.5 Å². The van der Waals surface area contributed by atoms with Crippen LogP contribution in [0.5, 0.6) is 0 Å². The fraction of sp³-hybridized carbons (Fsp3) is 0.364. The van der Waals surface area contributed by atoms with Crippen LogP contribution >= 0.6 is 0 Å². The minimum absolute atomic E-state index is 0.385. The van der Waals surface area contributed by atoms with Crippen molar-refractivity contribution in [2.45, 2.75) is 19.8 Å². The highest BCUT2D eigenvalue weighted by Crippen LogP contribution is 2.20. The summed E-state index contributed by atoms with van der Waals surface area (Å²) >= 11 is 0. The number of hydrogen-bond donors (Lipinski definition) is 2. The van der Waals surface area contributed by atoms with Gasteiger partial charge in [-0.3, -0.25) is 4.79 Å². The Morgan fingerprint density at radius 1 is 1.36 bits per heavy atom. The zero-order valence-electron chi connectivity index (χ0n) is 8.79. The largest absolute Gasteiger partial charge is 0.388 e. The average molecular weight is 192 g/mol. The zero-order valence-corrected chi connectivity index (χ0v) is 8.79. The molecule has 0 bridgehead atoms. The van der Waals surface area contributed by atoms with Gasteiger partial charge in [0.15, 0.2) is 0 Å². The number of carbonyl (C=O) groups is 1. The molecule has 3 nitrogen and oxygen atoms in total. The summed E-state index contributed by atoms with van der Waals surface area (Å²) in [6.45, 7) is 4.17. The Kier molecular flexibility index (Phi) is 3.12. The third kappa shape index (κ3) is 2.25. The Labute approximate surface area is 84.3 Å². The van der Waals surface area contributed by atoms with Crippen LogP contribution in [-0.4, -0.2) is 13.0 Å². The minimum Gasteiger partial charge on any atom is -0.388 e. The number of nitrogens with one attached hydrogen (secondary N) is 1. The van der Waals surface area contributed by atoms with Crippen LogP contribution in [0.1, 0.15) is 35.7 Å². The number of anilines is 1. The van der Waals surface area contributed by atoms with E-state index in [0.717, 1.165) is 11.3 Å². The van der Waals surface area contributed by atoms with Gasteiger partial charge in [0.25, 0.3) is 0 Å². The van der Waals surface area contributed by atoms with E-state index in [9.17, 15) is 4.79 Å². The van der Waals surface area contributed by atoms with Gasteiger partial charge in [-0.1, -0.05) is 13.8 Å². The first-order chi connectivity index (χ1) is 6.54. The average Bonchev–Trinajstić information content (AvgIpc) is 2.16. The Morgan fingerprint density at radius 3 is 2.43 bits per heavy atom. The predicted octanol–water partition coefficient (Wildman–Crippen LogP) is 1.95. The molecule has 0 aliphatic rings. The molecule has 0 aromatic heterocycles. The van der Waals surface area contributed by atoms with Gasteiger partial charge >= 0.3 is 0 Å². The molecule has 1 amide bonds. The van der Waals surface area contributed by atoms with Gasteiger partial charge in [-0.05, 0) is 29.7 Å². The Bertz CT molecular complexity index is 345. The van der Waals surface area contributed by atoms with Crippen molar-refractivity contribution in [2.75, 3.05) is 12.4 Å². The van der Waals surface area contributed by atoms with E-state index < -0.39 is 0 Å². The number of amides is 1. The van der Waals surface area contributed by atoms with E-state index in [-0.39, 0.29) is 5.91 Å². The van der Waals surface area contributed by atoms with Crippen molar-refractivity contribution in [3.05, 3.63) is 29.3 Å². The molecule has 0 aliphatic carbocycles. The SMILES string of the molecule is CNc1cc(C(N)=O)cc(C(C)C)c1. The monoisotopic (exact) mass is 192 g/mol. The summed E-state index contributed by atoms with van der Waals surface area (Å²) in [6.07, 6.45) is 0. The molecule has 14 heavy (non-hydrogen) atoms. The van der Waals surface area contributed by atoms with Crippen LogP contribution in [0.2, 0.25) is 0 Å². The van der Waals surface area contributed by atoms with Gasteiger partial charge in [0.1, 0.15) is 0 Å². The van der Waals surface area contributed by atoms with E-state index in [4.69, 9.17) is 5.73 Å². The fourth-order valence-corrected chi connectivity index (χ4v) is 1.27. The Hall–Kier alpha value is -1.51. The minimum atomic E-state index is -0.385. The molecule has 0 atom stereocenters. The normalized spacial score (nSPS) is 10.3. The maximum absolute atomic E-state index is 11.0. The molecule has 0 heterocycles. The van der Waals surface area contributed by atoms with Crippen molar-refractivity contribution in [3.63, 3.8) is 0 Å². The highest BCUT2D eigenvalue weighted by molar-refractivity contribution is 5.94. The molecule has 1 aromatic carbocycles. The summed E-state index contributed by atoms with van der Waals surface area (Å²) in [5.41, 5.74) is 7.83. The maximum Gasteiger partial charge on any atom is 0.248 e. The standard InChI is InChI=1S/C11H16N2O/c1-7(2)8-4-9(11(12)14)6-10(5-8)13-3/h4-7,13H,1-3H3,(H2,12,14). The molecular formula is C11H16N2O. The van der Waals surface area contributed by atoms with Crippen LogP contribution < -0.4 is 11.1 Å². The molecule has 0 aliphatic heterocycles. The summed E-state index contributed by atoms with van der Waals surface area (Å²) in [5.74, 6) is 0.00500. The zero-order chi connectivity index (χ0) is 10.7. The lowest BCUT2D eigenvalue weighted by molar-refractivity contribution is 0.1000. The van der Waals surface area contributed by atoms with Crippen LogP contribution in [0.15, 0.2) is 18.2 Å². The van der Waals surface area contributed by atoms with Gasteiger partial charge in [0.2, 0.25) is 5.91 Å². The number of carbonyl (C=O) groups excluding carboxylic acids is 1. The fourth-order valence-electron chi connectivity index (χ4n) is 1.27. The van der Waals surface area contributed by atoms with Crippen LogP contribution in [0.4, 0.5) is 5.69 Å². The van der Waals surface area contributed by atoms with Gasteiger partial charge in [-0.15, -0.1) is 0 Å². The molecule has 0 saturated heterocycles. The molecule has 0 unspecified atom stereocenters. The van der Waals surface area contributed by atoms with Crippen molar-refractivity contribution < 1.29 is 4.79 Å². The second-order valence-corrected chi connectivity index (χ2v) is 3.61. The lowest BCUT2D eigenvalue weighted by Crippen LogP contribution is -2.12. The first kappa shape index (κ1) is 10.6. The van der Waals surface area contributed by atoms with E-state index >= 15 is 0 Å². The van der Waals surface area contributed by atoms with Gasteiger partial charge in [0.05, 0.1) is 0 Å². The number of benzene rings is 1.